The molecule has 0 saturated heterocycles. The lowest BCUT2D eigenvalue weighted by Gasteiger charge is -2.30. The number of nitrogens with zero attached hydrogens (tertiary/aromatic N) is 3. The van der Waals surface area contributed by atoms with E-state index in [9.17, 15) is 0 Å². The predicted molar refractivity (Wildman–Crippen MR) is 233 cm³/mol. The molecule has 4 nitrogen and oxygen atoms in total. The highest BCUT2D eigenvalue weighted by molar-refractivity contribution is 6.20. The molecule has 11 rings (SSSR count). The summed E-state index contributed by atoms with van der Waals surface area (Å²) >= 11 is 0. The molecule has 0 radical (unpaired) electrons. The lowest BCUT2D eigenvalue weighted by molar-refractivity contribution is 0.532. The molecule has 0 fully saturated rings. The second-order valence-electron chi connectivity index (χ2n) is 14.8. The maximum atomic E-state index is 6.72. The number of rotatable bonds is 6. The molecule has 56 heavy (non-hydrogen) atoms. The SMILES string of the molecule is CC[C@@H]1C(c2ccc(-c3ccccc3)cc2)=NC(c2cc(-n3c4ccccc4c4cc5ccccc5cc43)c3c(c2)oc2ccccc23)=NC1c1ccccc1. The summed E-state index contributed by atoms with van der Waals surface area (Å²) in [6.07, 6.45) is 0.902. The maximum Gasteiger partial charge on any atom is 0.155 e. The lowest BCUT2D eigenvalue weighted by Crippen LogP contribution is -2.28. The number of amidine groups is 1. The van der Waals surface area contributed by atoms with Gasteiger partial charge in [-0.25, -0.2) is 4.99 Å². The van der Waals surface area contributed by atoms with Gasteiger partial charge in [-0.1, -0.05) is 153 Å². The molecule has 0 saturated carbocycles. The normalized spacial score (nSPS) is 15.9. The van der Waals surface area contributed by atoms with Crippen LogP contribution in [0.2, 0.25) is 0 Å². The van der Waals surface area contributed by atoms with Gasteiger partial charge in [0, 0.05) is 27.6 Å². The fraction of sp³-hybridized carbons (Fsp3) is 0.0769. The Balaban J connectivity index is 1.18. The molecule has 2 aromatic heterocycles. The first-order chi connectivity index (χ1) is 27.7. The number of furan rings is 1. The van der Waals surface area contributed by atoms with Crippen LogP contribution in [0.4, 0.5) is 0 Å². The number of hydrogen-bond donors (Lipinski definition) is 0. The third-order valence-electron chi connectivity index (χ3n) is 11.6. The zero-order valence-electron chi connectivity index (χ0n) is 30.9. The number of aromatic nitrogens is 1. The Kier molecular flexibility index (Phi) is 7.56. The van der Waals surface area contributed by atoms with Crippen molar-refractivity contribution in [2.75, 3.05) is 0 Å². The van der Waals surface area contributed by atoms with Gasteiger partial charge in [0.2, 0.25) is 0 Å². The van der Waals surface area contributed by atoms with Gasteiger partial charge in [-0.3, -0.25) is 4.99 Å². The van der Waals surface area contributed by atoms with E-state index in [-0.39, 0.29) is 12.0 Å². The number of fused-ring (bicyclic) bond motifs is 7. The zero-order valence-corrected chi connectivity index (χ0v) is 30.9. The van der Waals surface area contributed by atoms with Gasteiger partial charge in [0.15, 0.2) is 5.84 Å². The van der Waals surface area contributed by atoms with E-state index < -0.39 is 0 Å². The van der Waals surface area contributed by atoms with Crippen LogP contribution < -0.4 is 0 Å². The summed E-state index contributed by atoms with van der Waals surface area (Å²) in [7, 11) is 0. The van der Waals surface area contributed by atoms with Crippen molar-refractivity contribution < 1.29 is 4.42 Å². The summed E-state index contributed by atoms with van der Waals surface area (Å²) in [5, 5.41) is 7.01. The molecule has 0 amide bonds. The Bertz CT molecular complexity index is 3170. The summed E-state index contributed by atoms with van der Waals surface area (Å²) < 4.78 is 9.14. The van der Waals surface area contributed by atoms with Gasteiger partial charge in [0.1, 0.15) is 11.2 Å². The number of aliphatic imine (C=N–C) groups is 2. The van der Waals surface area contributed by atoms with Gasteiger partial charge in [0.05, 0.1) is 33.9 Å². The predicted octanol–water partition coefficient (Wildman–Crippen LogP) is 13.5. The molecule has 266 valence electrons. The van der Waals surface area contributed by atoms with Crippen LogP contribution in [0, 0.1) is 5.92 Å². The highest BCUT2D eigenvalue weighted by Gasteiger charge is 2.32. The van der Waals surface area contributed by atoms with Gasteiger partial charge in [0.25, 0.3) is 0 Å². The topological polar surface area (TPSA) is 42.8 Å². The third-order valence-corrected chi connectivity index (χ3v) is 11.6. The van der Waals surface area contributed by atoms with Gasteiger partial charge in [-0.05, 0) is 75.8 Å². The molecule has 1 aliphatic heterocycles. The lowest BCUT2D eigenvalue weighted by atomic mass is 9.83. The quantitative estimate of drug-likeness (QED) is 0.169. The minimum absolute atomic E-state index is 0.101. The average molecular weight is 720 g/mol. The standard InChI is InChI=1S/C52H37N3O/c1-2-40-50(35-17-7-4-8-18-35)53-52(54-51(40)36-27-25-34(26-28-36)33-15-5-3-6-16-33)39-31-46(49-42-22-12-14-24-47(42)56-48(49)32-39)55-44-23-13-11-21-41(44)43-29-37-19-9-10-20-38(37)30-45(43)55/h3-32,40,50H,2H2,1H3/t40-,50?/m0/s1. The van der Waals surface area contributed by atoms with Crippen molar-refractivity contribution in [1.29, 1.82) is 0 Å². The molecule has 8 aromatic carbocycles. The summed E-state index contributed by atoms with van der Waals surface area (Å²) in [6.45, 7) is 2.25. The van der Waals surface area contributed by atoms with E-state index in [0.717, 1.165) is 61.9 Å². The fourth-order valence-electron chi connectivity index (χ4n) is 8.91. The van der Waals surface area contributed by atoms with E-state index in [1.807, 2.05) is 6.07 Å². The second kappa shape index (κ2) is 13.1. The first-order valence-electron chi connectivity index (χ1n) is 19.5. The largest absolute Gasteiger partial charge is 0.456 e. The van der Waals surface area contributed by atoms with Crippen LogP contribution in [0.1, 0.15) is 36.1 Å². The van der Waals surface area contributed by atoms with E-state index in [1.165, 1.54) is 38.2 Å². The molecular formula is C52H37N3O. The highest BCUT2D eigenvalue weighted by Crippen LogP contribution is 2.42. The average Bonchev–Trinajstić information content (AvgIpc) is 3.81. The fourth-order valence-corrected chi connectivity index (χ4v) is 8.91. The van der Waals surface area contributed by atoms with Crippen molar-refractivity contribution in [2.24, 2.45) is 15.9 Å². The third kappa shape index (κ3) is 5.21. The molecule has 0 bridgehead atoms. The number of para-hydroxylation sites is 2. The summed E-state index contributed by atoms with van der Waals surface area (Å²) in [6, 6.07) is 64.8. The Hall–Kier alpha value is -7.04. The van der Waals surface area contributed by atoms with Crippen LogP contribution in [0.25, 0.3) is 71.3 Å². The van der Waals surface area contributed by atoms with Crippen LogP contribution in [-0.4, -0.2) is 16.1 Å². The van der Waals surface area contributed by atoms with Crippen LogP contribution in [0.5, 0.6) is 0 Å². The Morgan fingerprint density at radius 1 is 0.518 bits per heavy atom. The molecular weight excluding hydrogens is 683 g/mol. The van der Waals surface area contributed by atoms with E-state index in [1.54, 1.807) is 0 Å². The van der Waals surface area contributed by atoms with Crippen molar-refractivity contribution >= 4 is 66.1 Å². The van der Waals surface area contributed by atoms with Gasteiger partial charge < -0.3 is 8.98 Å². The van der Waals surface area contributed by atoms with E-state index in [4.69, 9.17) is 14.4 Å². The monoisotopic (exact) mass is 719 g/mol. The molecule has 3 heterocycles. The molecule has 0 aliphatic carbocycles. The molecule has 2 atom stereocenters. The van der Waals surface area contributed by atoms with Crippen molar-refractivity contribution in [3.63, 3.8) is 0 Å². The first kappa shape index (κ1) is 32.4. The van der Waals surface area contributed by atoms with E-state index >= 15 is 0 Å². The van der Waals surface area contributed by atoms with Crippen molar-refractivity contribution in [3.8, 4) is 16.8 Å². The molecule has 4 heteroatoms. The number of hydrogen-bond acceptors (Lipinski definition) is 3. The summed E-state index contributed by atoms with van der Waals surface area (Å²) in [5.74, 6) is 0.809. The van der Waals surface area contributed by atoms with Crippen LogP contribution in [0.15, 0.2) is 196 Å². The van der Waals surface area contributed by atoms with E-state index in [2.05, 4.69) is 187 Å². The van der Waals surface area contributed by atoms with Crippen molar-refractivity contribution in [2.45, 2.75) is 19.4 Å². The molecule has 0 spiro atoms. The Morgan fingerprint density at radius 2 is 1.16 bits per heavy atom. The number of benzene rings is 8. The minimum Gasteiger partial charge on any atom is -0.456 e. The van der Waals surface area contributed by atoms with Crippen LogP contribution >= 0.6 is 0 Å². The molecule has 1 unspecified atom stereocenters. The molecule has 1 aliphatic rings. The smallest absolute Gasteiger partial charge is 0.155 e. The first-order valence-corrected chi connectivity index (χ1v) is 19.5. The minimum atomic E-state index is -0.105. The van der Waals surface area contributed by atoms with Crippen LogP contribution in [0.3, 0.4) is 0 Å². The van der Waals surface area contributed by atoms with Crippen molar-refractivity contribution in [1.82, 2.24) is 4.57 Å². The van der Waals surface area contributed by atoms with Crippen molar-refractivity contribution in [3.05, 3.63) is 199 Å². The van der Waals surface area contributed by atoms with Crippen LogP contribution in [-0.2, 0) is 0 Å². The maximum absolute atomic E-state index is 6.72. The van der Waals surface area contributed by atoms with Gasteiger partial charge in [-0.2, -0.15) is 0 Å². The van der Waals surface area contributed by atoms with E-state index in [0.29, 0.717) is 5.84 Å². The Morgan fingerprint density at radius 3 is 1.95 bits per heavy atom. The zero-order chi connectivity index (χ0) is 37.2. The summed E-state index contributed by atoms with van der Waals surface area (Å²) in [4.78, 5) is 11.1. The molecule has 0 N–H and O–H groups in total. The Labute approximate surface area is 324 Å². The summed E-state index contributed by atoms with van der Waals surface area (Å²) in [5.41, 5.74) is 11.7. The highest BCUT2D eigenvalue weighted by atomic mass is 16.3. The molecule has 10 aromatic rings. The van der Waals surface area contributed by atoms with Gasteiger partial charge in [-0.15, -0.1) is 0 Å². The second-order valence-corrected chi connectivity index (χ2v) is 14.8. The van der Waals surface area contributed by atoms with Gasteiger partial charge >= 0.3 is 0 Å².